The number of amides is 1. The molecule has 1 amide bonds. The Kier molecular flexibility index (Phi) is 7.01. The molecular formula is C25H31ClN2O5S. The lowest BCUT2D eigenvalue weighted by molar-refractivity contribution is 0.0915. The summed E-state index contributed by atoms with van der Waals surface area (Å²) in [6, 6.07) is 9.15. The van der Waals surface area contributed by atoms with Crippen LogP contribution in [0.15, 0.2) is 41.3 Å². The number of benzene rings is 2. The van der Waals surface area contributed by atoms with Gasteiger partial charge in [0.2, 0.25) is 0 Å². The summed E-state index contributed by atoms with van der Waals surface area (Å²) in [5.41, 5.74) is 0.567. The minimum Gasteiger partial charge on any atom is -0.495 e. The Hall–Kier alpha value is -2.45. The maximum absolute atomic E-state index is 13.4. The van der Waals surface area contributed by atoms with E-state index in [1.807, 2.05) is 0 Å². The highest BCUT2D eigenvalue weighted by Crippen LogP contribution is 2.49. The minimum atomic E-state index is -3.99. The van der Waals surface area contributed by atoms with E-state index >= 15 is 0 Å². The van der Waals surface area contributed by atoms with E-state index in [0.29, 0.717) is 28.9 Å². The summed E-state index contributed by atoms with van der Waals surface area (Å²) in [7, 11) is 0.330. The van der Waals surface area contributed by atoms with E-state index < -0.39 is 10.0 Å². The van der Waals surface area contributed by atoms with Crippen molar-refractivity contribution in [1.82, 2.24) is 5.32 Å². The van der Waals surface area contributed by atoms with E-state index in [1.54, 1.807) is 12.1 Å². The first-order valence-corrected chi connectivity index (χ1v) is 13.3. The molecule has 2 aliphatic carbocycles. The van der Waals surface area contributed by atoms with Gasteiger partial charge in [-0.2, -0.15) is 0 Å². The second kappa shape index (κ2) is 9.66. The Morgan fingerprint density at radius 3 is 2.47 bits per heavy atom. The molecule has 184 valence electrons. The second-order valence-corrected chi connectivity index (χ2v) is 11.6. The van der Waals surface area contributed by atoms with E-state index in [2.05, 4.69) is 12.2 Å². The van der Waals surface area contributed by atoms with Crippen LogP contribution in [0.3, 0.4) is 0 Å². The number of carbonyl (C=O) groups excluding carboxylic acids is 1. The maximum Gasteiger partial charge on any atom is 0.264 e. The van der Waals surface area contributed by atoms with Gasteiger partial charge in [0.1, 0.15) is 11.5 Å². The Morgan fingerprint density at radius 2 is 1.85 bits per heavy atom. The summed E-state index contributed by atoms with van der Waals surface area (Å²) >= 11 is 6.24. The van der Waals surface area contributed by atoms with Crippen LogP contribution in [-0.2, 0) is 10.0 Å². The van der Waals surface area contributed by atoms with Gasteiger partial charge in [0.15, 0.2) is 0 Å². The third kappa shape index (κ3) is 4.58. The van der Waals surface area contributed by atoms with E-state index in [-0.39, 0.29) is 27.6 Å². The molecule has 0 radical (unpaired) electrons. The van der Waals surface area contributed by atoms with Gasteiger partial charge < -0.3 is 14.8 Å². The van der Waals surface area contributed by atoms with Crippen molar-refractivity contribution in [3.8, 4) is 11.5 Å². The number of hydrogen-bond donors (Lipinski definition) is 1. The number of nitrogens with one attached hydrogen (secondary N) is 1. The van der Waals surface area contributed by atoms with Crippen molar-refractivity contribution >= 4 is 33.2 Å². The van der Waals surface area contributed by atoms with Crippen LogP contribution in [0.5, 0.6) is 11.5 Å². The number of sulfonamides is 1. The normalized spacial score (nSPS) is 22.3. The van der Waals surface area contributed by atoms with Crippen LogP contribution in [0.2, 0.25) is 5.02 Å². The van der Waals surface area contributed by atoms with Crippen molar-refractivity contribution in [2.45, 2.75) is 43.5 Å². The van der Waals surface area contributed by atoms with Crippen LogP contribution in [0.4, 0.5) is 5.69 Å². The van der Waals surface area contributed by atoms with Gasteiger partial charge in [-0.1, -0.05) is 24.1 Å². The number of hydrogen-bond acceptors (Lipinski definition) is 5. The summed E-state index contributed by atoms with van der Waals surface area (Å²) in [6.07, 6.45) is 4.98. The van der Waals surface area contributed by atoms with Crippen LogP contribution in [0.25, 0.3) is 0 Å². The first-order chi connectivity index (χ1) is 16.1. The van der Waals surface area contributed by atoms with E-state index in [9.17, 15) is 13.2 Å². The number of fused-ring (bicyclic) bond motifs is 2. The van der Waals surface area contributed by atoms with Crippen molar-refractivity contribution in [3.63, 3.8) is 0 Å². The molecular weight excluding hydrogens is 476 g/mol. The van der Waals surface area contributed by atoms with Crippen molar-refractivity contribution in [2.75, 3.05) is 25.6 Å². The molecule has 0 aliphatic heterocycles. The van der Waals surface area contributed by atoms with Gasteiger partial charge in [-0.25, -0.2) is 8.42 Å². The predicted molar refractivity (Wildman–Crippen MR) is 132 cm³/mol. The molecule has 34 heavy (non-hydrogen) atoms. The third-order valence-electron chi connectivity index (χ3n) is 7.34. The summed E-state index contributed by atoms with van der Waals surface area (Å²) in [4.78, 5) is 13.0. The van der Waals surface area contributed by atoms with Crippen molar-refractivity contribution in [2.24, 2.45) is 17.8 Å². The van der Waals surface area contributed by atoms with E-state index in [0.717, 1.165) is 16.6 Å². The molecule has 9 heteroatoms. The molecule has 0 heterocycles. The summed E-state index contributed by atoms with van der Waals surface area (Å²) in [5.74, 6) is 2.37. The number of methoxy groups -OCH3 is 2. The minimum absolute atomic E-state index is 0.00391. The highest BCUT2D eigenvalue weighted by atomic mass is 35.5. The predicted octanol–water partition coefficient (Wildman–Crippen LogP) is 4.74. The highest BCUT2D eigenvalue weighted by molar-refractivity contribution is 7.92. The van der Waals surface area contributed by atoms with Gasteiger partial charge in [-0.15, -0.1) is 0 Å². The zero-order valence-electron chi connectivity index (χ0n) is 19.9. The lowest BCUT2D eigenvalue weighted by Crippen LogP contribution is -2.40. The smallest absolute Gasteiger partial charge is 0.264 e. The molecule has 0 aromatic heterocycles. The third-order valence-corrected chi connectivity index (χ3v) is 9.40. The molecule has 2 aliphatic rings. The largest absolute Gasteiger partial charge is 0.495 e. The molecule has 2 aromatic rings. The average molecular weight is 507 g/mol. The lowest BCUT2D eigenvalue weighted by atomic mass is 9.84. The molecule has 7 nitrogen and oxygen atoms in total. The van der Waals surface area contributed by atoms with Crippen LogP contribution < -0.4 is 19.1 Å². The fourth-order valence-corrected chi connectivity index (χ4v) is 6.96. The Balaban J connectivity index is 1.55. The fraction of sp³-hybridized carbons (Fsp3) is 0.480. The second-order valence-electron chi connectivity index (χ2n) is 9.26. The highest BCUT2D eigenvalue weighted by Gasteiger charge is 2.42. The number of halogens is 1. The number of carbonyl (C=O) groups is 1. The van der Waals surface area contributed by atoms with Crippen molar-refractivity contribution in [3.05, 3.63) is 47.0 Å². The van der Waals surface area contributed by atoms with Gasteiger partial charge >= 0.3 is 0 Å². The summed E-state index contributed by atoms with van der Waals surface area (Å²) in [6.45, 7) is 2.05. The van der Waals surface area contributed by atoms with Crippen LogP contribution in [-0.4, -0.2) is 41.6 Å². The SMILES string of the molecule is COc1cc(OC)c(N(C)S(=O)(=O)c2cccc(C(=O)N[C@H](C)[C@H]3C[C@@H]4CC[C@H]3C4)c2)cc1Cl. The first kappa shape index (κ1) is 24.7. The van der Waals surface area contributed by atoms with Crippen LogP contribution >= 0.6 is 11.6 Å². The Bertz CT molecular complexity index is 1190. The zero-order chi connectivity index (χ0) is 24.6. The Morgan fingerprint density at radius 1 is 1.12 bits per heavy atom. The standard InChI is InChI=1S/C25H31ClN2O5S/c1-15(20-11-16-8-9-17(20)10-16)27-25(29)18-6-5-7-19(12-18)34(30,31)28(2)22-13-21(26)23(32-3)14-24(22)33-4/h5-7,12-17,20H,8-11H2,1-4H3,(H,27,29)/t15-,16-,17+,20-/m1/s1. The molecule has 2 fully saturated rings. The maximum atomic E-state index is 13.4. The average Bonchev–Trinajstić information content (AvgIpc) is 3.47. The monoisotopic (exact) mass is 506 g/mol. The van der Waals surface area contributed by atoms with Crippen molar-refractivity contribution in [1.29, 1.82) is 0 Å². The number of ether oxygens (including phenoxy) is 2. The molecule has 1 N–H and O–H groups in total. The van der Waals surface area contributed by atoms with Gasteiger partial charge in [-0.05, 0) is 68.2 Å². The lowest BCUT2D eigenvalue weighted by Gasteiger charge is -2.28. The molecule has 2 saturated carbocycles. The quantitative estimate of drug-likeness (QED) is 0.559. The van der Waals surface area contributed by atoms with Gasteiger partial charge in [-0.3, -0.25) is 9.10 Å². The van der Waals surface area contributed by atoms with Gasteiger partial charge in [0.25, 0.3) is 15.9 Å². The molecule has 2 bridgehead atoms. The van der Waals surface area contributed by atoms with Crippen LogP contribution in [0, 0.1) is 17.8 Å². The number of rotatable bonds is 8. The molecule has 4 atom stereocenters. The summed E-state index contributed by atoms with van der Waals surface area (Å²) in [5, 5.41) is 3.36. The Labute approximate surface area is 206 Å². The summed E-state index contributed by atoms with van der Waals surface area (Å²) < 4.78 is 38.5. The van der Waals surface area contributed by atoms with Crippen LogP contribution in [0.1, 0.15) is 43.0 Å². The molecule has 2 aromatic carbocycles. The zero-order valence-corrected chi connectivity index (χ0v) is 21.4. The van der Waals surface area contributed by atoms with E-state index in [1.165, 1.54) is 64.8 Å². The molecule has 4 rings (SSSR count). The fourth-order valence-electron chi connectivity index (χ4n) is 5.48. The molecule has 0 saturated heterocycles. The molecule has 0 spiro atoms. The van der Waals surface area contributed by atoms with Gasteiger partial charge in [0, 0.05) is 24.7 Å². The van der Waals surface area contributed by atoms with E-state index in [4.69, 9.17) is 21.1 Å². The number of anilines is 1. The first-order valence-electron chi connectivity index (χ1n) is 11.5. The number of nitrogens with zero attached hydrogens (tertiary/aromatic N) is 1. The topological polar surface area (TPSA) is 84.9 Å². The molecule has 0 unspecified atom stereocenters. The van der Waals surface area contributed by atoms with Crippen molar-refractivity contribution < 1.29 is 22.7 Å². The van der Waals surface area contributed by atoms with Gasteiger partial charge in [0.05, 0.1) is 29.8 Å².